The summed E-state index contributed by atoms with van der Waals surface area (Å²) < 4.78 is 5.01. The number of carbonyl (C=O) groups is 2. The number of hydrogen-bond donors (Lipinski definition) is 1. The van der Waals surface area contributed by atoms with Crippen LogP contribution in [0.5, 0.6) is 5.88 Å². The summed E-state index contributed by atoms with van der Waals surface area (Å²) in [5.74, 6) is -0.0512. The molecule has 2 amide bonds. The molecule has 2 aliphatic rings. The molecular weight excluding hydrogens is 246 g/mol. The van der Waals surface area contributed by atoms with Crippen molar-refractivity contribution in [1.29, 1.82) is 0 Å². The zero-order valence-corrected chi connectivity index (χ0v) is 10.6. The van der Waals surface area contributed by atoms with Crippen LogP contribution in [0.4, 0.5) is 0 Å². The number of methoxy groups -OCH3 is 1. The number of amides is 2. The van der Waals surface area contributed by atoms with Crippen molar-refractivity contribution in [3.05, 3.63) is 23.9 Å². The number of rotatable bonds is 3. The molecule has 2 saturated heterocycles. The monoisotopic (exact) mass is 261 g/mol. The Labute approximate surface area is 110 Å². The van der Waals surface area contributed by atoms with Gasteiger partial charge in [-0.1, -0.05) is 6.07 Å². The van der Waals surface area contributed by atoms with E-state index in [9.17, 15) is 9.59 Å². The van der Waals surface area contributed by atoms with Gasteiger partial charge in [0, 0.05) is 31.9 Å². The van der Waals surface area contributed by atoms with Crippen molar-refractivity contribution >= 4 is 11.8 Å². The van der Waals surface area contributed by atoms with E-state index in [1.54, 1.807) is 13.3 Å². The van der Waals surface area contributed by atoms with E-state index in [0.717, 1.165) is 5.56 Å². The fourth-order valence-corrected chi connectivity index (χ4v) is 2.74. The summed E-state index contributed by atoms with van der Waals surface area (Å²) in [6.45, 7) is 1.97. The second-order valence-electron chi connectivity index (χ2n) is 4.97. The van der Waals surface area contributed by atoms with Crippen molar-refractivity contribution in [3.8, 4) is 5.88 Å². The van der Waals surface area contributed by atoms with Crippen LogP contribution in [0, 0.1) is 11.8 Å². The molecule has 6 nitrogen and oxygen atoms in total. The molecule has 0 saturated carbocycles. The largest absolute Gasteiger partial charge is 0.481 e. The third-order valence-electron chi connectivity index (χ3n) is 3.73. The van der Waals surface area contributed by atoms with Gasteiger partial charge in [0.25, 0.3) is 0 Å². The van der Waals surface area contributed by atoms with Crippen LogP contribution in [0.1, 0.15) is 5.56 Å². The Morgan fingerprint density at radius 3 is 2.53 bits per heavy atom. The highest BCUT2D eigenvalue weighted by Gasteiger charge is 2.47. The lowest BCUT2D eigenvalue weighted by Gasteiger charge is -2.16. The molecular formula is C13H15N3O3. The SMILES string of the molecule is COc1ccc(CN2C[C@@H]3C(=O)NC(=O)[C@@H]3C2)cn1. The molecule has 2 aliphatic heterocycles. The van der Waals surface area contributed by atoms with Gasteiger partial charge in [-0.2, -0.15) is 0 Å². The molecule has 100 valence electrons. The van der Waals surface area contributed by atoms with E-state index < -0.39 is 0 Å². The summed E-state index contributed by atoms with van der Waals surface area (Å²) in [5.41, 5.74) is 1.05. The summed E-state index contributed by atoms with van der Waals surface area (Å²) in [4.78, 5) is 29.4. The van der Waals surface area contributed by atoms with Crippen molar-refractivity contribution in [2.24, 2.45) is 11.8 Å². The van der Waals surface area contributed by atoms with Crippen LogP contribution in [0.15, 0.2) is 18.3 Å². The van der Waals surface area contributed by atoms with Crippen LogP contribution in [0.2, 0.25) is 0 Å². The van der Waals surface area contributed by atoms with E-state index in [1.165, 1.54) is 0 Å². The van der Waals surface area contributed by atoms with Crippen molar-refractivity contribution in [1.82, 2.24) is 15.2 Å². The van der Waals surface area contributed by atoms with Gasteiger partial charge in [-0.3, -0.25) is 19.8 Å². The molecule has 0 unspecified atom stereocenters. The summed E-state index contributed by atoms with van der Waals surface area (Å²) in [6.07, 6.45) is 1.76. The minimum atomic E-state index is -0.182. The second-order valence-corrected chi connectivity index (χ2v) is 4.97. The molecule has 0 aromatic carbocycles. The number of aromatic nitrogens is 1. The predicted molar refractivity (Wildman–Crippen MR) is 66.2 cm³/mol. The Hall–Kier alpha value is -1.95. The molecule has 0 spiro atoms. The third-order valence-corrected chi connectivity index (χ3v) is 3.73. The van der Waals surface area contributed by atoms with Gasteiger partial charge < -0.3 is 4.74 Å². The van der Waals surface area contributed by atoms with E-state index in [-0.39, 0.29) is 23.7 Å². The first-order valence-corrected chi connectivity index (χ1v) is 6.23. The number of imide groups is 1. The van der Waals surface area contributed by atoms with Crippen LogP contribution < -0.4 is 10.1 Å². The van der Waals surface area contributed by atoms with E-state index in [2.05, 4.69) is 15.2 Å². The second kappa shape index (κ2) is 4.62. The number of ether oxygens (including phenoxy) is 1. The first-order chi connectivity index (χ1) is 9.17. The van der Waals surface area contributed by atoms with Gasteiger partial charge in [-0.05, 0) is 5.56 Å². The van der Waals surface area contributed by atoms with Crippen LogP contribution >= 0.6 is 0 Å². The van der Waals surface area contributed by atoms with Crippen LogP contribution in [-0.2, 0) is 16.1 Å². The zero-order valence-electron chi connectivity index (χ0n) is 10.6. The Morgan fingerprint density at radius 1 is 1.32 bits per heavy atom. The summed E-state index contributed by atoms with van der Waals surface area (Å²) in [7, 11) is 1.58. The van der Waals surface area contributed by atoms with Crippen LogP contribution in [-0.4, -0.2) is 41.9 Å². The minimum Gasteiger partial charge on any atom is -0.481 e. The van der Waals surface area contributed by atoms with E-state index in [0.29, 0.717) is 25.5 Å². The van der Waals surface area contributed by atoms with Crippen LogP contribution in [0.3, 0.4) is 0 Å². The summed E-state index contributed by atoms with van der Waals surface area (Å²) in [5, 5.41) is 2.38. The Balaban J connectivity index is 1.65. The smallest absolute Gasteiger partial charge is 0.231 e. The predicted octanol–water partition coefficient (Wildman–Crippen LogP) is -0.205. The van der Waals surface area contributed by atoms with Crippen LogP contribution in [0.25, 0.3) is 0 Å². The van der Waals surface area contributed by atoms with Gasteiger partial charge in [-0.25, -0.2) is 4.98 Å². The van der Waals surface area contributed by atoms with Gasteiger partial charge in [0.05, 0.1) is 18.9 Å². The van der Waals surface area contributed by atoms with Crippen molar-refractivity contribution < 1.29 is 14.3 Å². The maximum atomic E-state index is 11.6. The molecule has 0 radical (unpaired) electrons. The lowest BCUT2D eigenvalue weighted by molar-refractivity contribution is -0.126. The fourth-order valence-electron chi connectivity index (χ4n) is 2.74. The fraction of sp³-hybridized carbons (Fsp3) is 0.462. The number of likely N-dealkylation sites (tertiary alicyclic amines) is 1. The number of nitrogens with one attached hydrogen (secondary N) is 1. The molecule has 6 heteroatoms. The van der Waals surface area contributed by atoms with Crippen molar-refractivity contribution in [3.63, 3.8) is 0 Å². The van der Waals surface area contributed by atoms with Gasteiger partial charge in [-0.15, -0.1) is 0 Å². The highest BCUT2D eigenvalue weighted by Crippen LogP contribution is 2.29. The quantitative estimate of drug-likeness (QED) is 0.763. The Bertz CT molecular complexity index is 492. The lowest BCUT2D eigenvalue weighted by atomic mass is 10.00. The molecule has 1 N–H and O–H groups in total. The van der Waals surface area contributed by atoms with Gasteiger partial charge >= 0.3 is 0 Å². The van der Waals surface area contributed by atoms with E-state index >= 15 is 0 Å². The number of hydrogen-bond acceptors (Lipinski definition) is 5. The van der Waals surface area contributed by atoms with Gasteiger partial charge in [0.1, 0.15) is 0 Å². The molecule has 3 heterocycles. The highest BCUT2D eigenvalue weighted by molar-refractivity contribution is 6.05. The Morgan fingerprint density at radius 2 is 2.00 bits per heavy atom. The molecule has 1 aromatic rings. The number of fused-ring (bicyclic) bond motifs is 1. The topological polar surface area (TPSA) is 71.5 Å². The molecule has 0 bridgehead atoms. The zero-order chi connectivity index (χ0) is 13.4. The summed E-state index contributed by atoms with van der Waals surface area (Å²) >= 11 is 0. The number of carbonyl (C=O) groups excluding carboxylic acids is 2. The van der Waals surface area contributed by atoms with Crippen molar-refractivity contribution in [2.45, 2.75) is 6.54 Å². The lowest BCUT2D eigenvalue weighted by Crippen LogP contribution is -2.31. The number of nitrogens with zero attached hydrogens (tertiary/aromatic N) is 2. The average molecular weight is 261 g/mol. The maximum Gasteiger partial charge on any atom is 0.231 e. The van der Waals surface area contributed by atoms with E-state index in [1.807, 2.05) is 12.1 Å². The molecule has 3 rings (SSSR count). The summed E-state index contributed by atoms with van der Waals surface area (Å²) in [6, 6.07) is 3.76. The molecule has 2 atom stereocenters. The molecule has 2 fully saturated rings. The highest BCUT2D eigenvalue weighted by atomic mass is 16.5. The van der Waals surface area contributed by atoms with Crippen molar-refractivity contribution in [2.75, 3.05) is 20.2 Å². The molecule has 0 aliphatic carbocycles. The molecule has 1 aromatic heterocycles. The standard InChI is InChI=1S/C13H15N3O3/c1-19-11-3-2-8(4-14-11)5-16-6-9-10(7-16)13(18)15-12(9)17/h2-4,9-10H,5-7H2,1H3,(H,15,17,18)/t9-,10+. The van der Waals surface area contributed by atoms with Gasteiger partial charge in [0.2, 0.25) is 17.7 Å². The minimum absolute atomic E-state index is 0.134. The first kappa shape index (κ1) is 12.1. The maximum absolute atomic E-state index is 11.6. The number of pyridine rings is 1. The average Bonchev–Trinajstić information content (AvgIpc) is 2.93. The normalized spacial score (nSPS) is 26.4. The first-order valence-electron chi connectivity index (χ1n) is 6.23. The molecule has 19 heavy (non-hydrogen) atoms. The Kier molecular flexibility index (Phi) is 2.94. The van der Waals surface area contributed by atoms with E-state index in [4.69, 9.17) is 4.74 Å². The van der Waals surface area contributed by atoms with Gasteiger partial charge in [0.15, 0.2) is 0 Å². The third kappa shape index (κ3) is 2.19.